The van der Waals surface area contributed by atoms with Gasteiger partial charge in [0.1, 0.15) is 11.2 Å². The molecule has 0 fully saturated rings. The lowest BCUT2D eigenvalue weighted by molar-refractivity contribution is 0.589. The average molecular weight is 857 g/mol. The Kier molecular flexibility index (Phi) is 7.10. The van der Waals surface area contributed by atoms with E-state index in [1.165, 1.54) is 120 Å². The van der Waals surface area contributed by atoms with Crippen LogP contribution in [-0.2, 0) is 16.2 Å². The number of aromatic nitrogens is 1. The quantitative estimate of drug-likeness (QED) is 0.153. The van der Waals surface area contributed by atoms with Crippen molar-refractivity contribution in [1.82, 2.24) is 4.57 Å². The second kappa shape index (κ2) is 12.2. The van der Waals surface area contributed by atoms with Gasteiger partial charge in [-0.15, -0.1) is 11.3 Å². The summed E-state index contributed by atoms with van der Waals surface area (Å²) in [7, 11) is 0. The summed E-state index contributed by atoms with van der Waals surface area (Å²) in [6.45, 7) is 21.1. The van der Waals surface area contributed by atoms with Crippen LogP contribution in [0.15, 0.2) is 138 Å². The van der Waals surface area contributed by atoms with E-state index in [4.69, 9.17) is 4.42 Å². The number of thiophene rings is 1. The molecule has 0 bridgehead atoms. The van der Waals surface area contributed by atoms with Crippen LogP contribution >= 0.6 is 11.3 Å². The van der Waals surface area contributed by atoms with Gasteiger partial charge >= 0.3 is 6.85 Å². The summed E-state index contributed by atoms with van der Waals surface area (Å²) < 4.78 is 11.9. The number of para-hydroxylation sites is 1. The molecule has 0 atom stereocenters. The number of aryl methyl sites for hydroxylation is 1. The first-order valence-corrected chi connectivity index (χ1v) is 24.1. The highest BCUT2D eigenvalue weighted by Crippen LogP contribution is 2.56. The molecule has 5 heterocycles. The van der Waals surface area contributed by atoms with Crippen molar-refractivity contribution in [2.45, 2.75) is 78.6 Å². The fourth-order valence-corrected chi connectivity index (χ4v) is 13.4. The number of nitrogens with zero attached hydrogens (tertiary/aromatic N) is 2. The zero-order valence-electron chi connectivity index (χ0n) is 38.5. The van der Waals surface area contributed by atoms with Crippen LogP contribution in [0.2, 0.25) is 0 Å². The minimum absolute atomic E-state index is 0.0346. The zero-order chi connectivity index (χ0) is 44.2. The number of benzene rings is 8. The van der Waals surface area contributed by atoms with E-state index in [0.29, 0.717) is 0 Å². The fraction of sp³-hybridized carbons (Fsp3) is 0.200. The SMILES string of the molecule is Cc1cc2c3c4c1c1cc5c(cc1n4-c1cc4c(cc1B3N(c1ccc(C(C)(C)C)cc1)c1cc3c(cc1-2)-c1cc(C(C)(C)C)ccc1C3(C)C)sc1ccccc14)oc1ccccc15. The van der Waals surface area contributed by atoms with Crippen LogP contribution in [0.25, 0.3) is 91.9 Å². The van der Waals surface area contributed by atoms with Crippen LogP contribution in [0.1, 0.15) is 83.2 Å². The Morgan fingerprint density at radius 1 is 0.554 bits per heavy atom. The van der Waals surface area contributed by atoms with E-state index in [9.17, 15) is 0 Å². The molecule has 5 heteroatoms. The molecule has 11 aromatic rings. The summed E-state index contributed by atoms with van der Waals surface area (Å²) in [5.41, 5.74) is 22.9. The number of rotatable bonds is 1. The first-order valence-electron chi connectivity index (χ1n) is 23.3. The lowest BCUT2D eigenvalue weighted by atomic mass is 9.43. The molecule has 0 N–H and O–H groups in total. The summed E-state index contributed by atoms with van der Waals surface area (Å²) >= 11 is 1.91. The summed E-state index contributed by atoms with van der Waals surface area (Å²) in [6.07, 6.45) is 0. The van der Waals surface area contributed by atoms with E-state index in [1.807, 2.05) is 11.3 Å². The molecule has 2 aliphatic heterocycles. The summed E-state index contributed by atoms with van der Waals surface area (Å²) in [4.78, 5) is 2.72. The summed E-state index contributed by atoms with van der Waals surface area (Å²) in [6, 6.07) is 51.7. The molecule has 0 spiro atoms. The van der Waals surface area contributed by atoms with Crippen molar-refractivity contribution in [3.63, 3.8) is 0 Å². The highest BCUT2D eigenvalue weighted by molar-refractivity contribution is 7.26. The maximum atomic E-state index is 6.67. The Morgan fingerprint density at radius 3 is 2.06 bits per heavy atom. The lowest BCUT2D eigenvalue weighted by Gasteiger charge is -2.43. The van der Waals surface area contributed by atoms with Crippen LogP contribution in [0.4, 0.5) is 11.4 Å². The predicted octanol–water partition coefficient (Wildman–Crippen LogP) is 15.5. The van der Waals surface area contributed by atoms with E-state index in [0.717, 1.165) is 21.9 Å². The van der Waals surface area contributed by atoms with Crippen molar-refractivity contribution in [1.29, 1.82) is 0 Å². The van der Waals surface area contributed by atoms with Gasteiger partial charge in [-0.1, -0.05) is 128 Å². The molecule has 314 valence electrons. The van der Waals surface area contributed by atoms with Gasteiger partial charge < -0.3 is 13.8 Å². The van der Waals surface area contributed by atoms with Crippen LogP contribution in [0.5, 0.6) is 0 Å². The minimum Gasteiger partial charge on any atom is -0.456 e. The van der Waals surface area contributed by atoms with Gasteiger partial charge in [0.05, 0.1) is 11.0 Å². The van der Waals surface area contributed by atoms with Crippen LogP contribution in [0.3, 0.4) is 0 Å². The van der Waals surface area contributed by atoms with Gasteiger partial charge in [-0.05, 0) is 128 Å². The van der Waals surface area contributed by atoms with Crippen LogP contribution < -0.4 is 15.7 Å². The van der Waals surface area contributed by atoms with Gasteiger partial charge in [0.2, 0.25) is 0 Å². The topological polar surface area (TPSA) is 21.3 Å². The molecule has 0 saturated carbocycles. The lowest BCUT2D eigenvalue weighted by Crippen LogP contribution is -2.60. The first kappa shape index (κ1) is 37.8. The fourth-order valence-electron chi connectivity index (χ4n) is 12.2. The molecular formula is C60H49BN2OS. The maximum Gasteiger partial charge on any atom is 0.333 e. The van der Waals surface area contributed by atoms with Crippen molar-refractivity contribution in [2.75, 3.05) is 4.81 Å². The molecule has 0 radical (unpaired) electrons. The normalized spacial score (nSPS) is 14.9. The number of furan rings is 1. The second-order valence-corrected chi connectivity index (χ2v) is 22.9. The molecular weight excluding hydrogens is 808 g/mol. The van der Waals surface area contributed by atoms with Gasteiger partial charge in [0.25, 0.3) is 0 Å². The van der Waals surface area contributed by atoms with E-state index in [1.54, 1.807) is 0 Å². The summed E-state index contributed by atoms with van der Waals surface area (Å²) in [5.74, 6) is 0. The van der Waals surface area contributed by atoms with E-state index in [2.05, 4.69) is 205 Å². The molecule has 0 saturated heterocycles. The Hall–Kier alpha value is -6.56. The Labute approximate surface area is 384 Å². The molecule has 3 aromatic heterocycles. The largest absolute Gasteiger partial charge is 0.456 e. The van der Waals surface area contributed by atoms with Gasteiger partial charge in [-0.3, -0.25) is 0 Å². The second-order valence-electron chi connectivity index (χ2n) is 21.8. The Morgan fingerprint density at radius 2 is 1.28 bits per heavy atom. The minimum atomic E-state index is -0.167. The summed E-state index contributed by atoms with van der Waals surface area (Å²) in [5, 5.41) is 7.54. The monoisotopic (exact) mass is 856 g/mol. The van der Waals surface area contributed by atoms with Gasteiger partial charge in [-0.25, -0.2) is 0 Å². The third-order valence-corrected chi connectivity index (χ3v) is 16.7. The van der Waals surface area contributed by atoms with Crippen molar-refractivity contribution in [2.24, 2.45) is 0 Å². The van der Waals surface area contributed by atoms with Gasteiger partial charge in [0, 0.05) is 75.8 Å². The zero-order valence-corrected chi connectivity index (χ0v) is 39.3. The van der Waals surface area contributed by atoms with E-state index < -0.39 is 0 Å². The van der Waals surface area contributed by atoms with Gasteiger partial charge in [0.15, 0.2) is 0 Å². The predicted molar refractivity (Wildman–Crippen MR) is 280 cm³/mol. The average Bonchev–Trinajstić information content (AvgIpc) is 4.00. The van der Waals surface area contributed by atoms with Crippen LogP contribution in [-0.4, -0.2) is 11.4 Å². The third kappa shape index (κ3) is 4.87. The molecule has 14 rings (SSSR count). The molecule has 1 aliphatic carbocycles. The molecule has 0 unspecified atom stereocenters. The van der Waals surface area contributed by atoms with Crippen molar-refractivity contribution < 1.29 is 4.42 Å². The smallest absolute Gasteiger partial charge is 0.333 e. The molecule has 8 aromatic carbocycles. The number of hydrogen-bond donors (Lipinski definition) is 0. The highest BCUT2D eigenvalue weighted by Gasteiger charge is 2.47. The third-order valence-electron chi connectivity index (χ3n) is 15.6. The van der Waals surface area contributed by atoms with E-state index in [-0.39, 0.29) is 23.1 Å². The Bertz CT molecular complexity index is 3960. The van der Waals surface area contributed by atoms with Crippen molar-refractivity contribution in [3.05, 3.63) is 161 Å². The Balaban J connectivity index is 1.16. The van der Waals surface area contributed by atoms with Crippen molar-refractivity contribution in [3.8, 4) is 27.9 Å². The van der Waals surface area contributed by atoms with Crippen LogP contribution in [0, 0.1) is 6.92 Å². The highest BCUT2D eigenvalue weighted by atomic mass is 32.1. The number of anilines is 2. The standard InChI is InChI=1S/C60H49BN2OS/c1-32-24-43-40-26-39-38-25-34(59(5,6)7)20-23-45(38)60(8,9)46(39)29-49(40)63(35-21-18-33(19-22-35)58(2,3)4)61-47-30-54-42(37-15-11-13-17-53(37)65-54)28-50(47)62-48-31-52-41(36-14-10-12-16-51(36)64-52)27-44(48)55(32)57(62)56(43)61/h10-31H,1-9H3. The molecule has 3 nitrogen and oxygen atoms in total. The van der Waals surface area contributed by atoms with Crippen molar-refractivity contribution >= 4 is 104 Å². The molecule has 0 amide bonds. The number of hydrogen-bond acceptors (Lipinski definition) is 3. The first-order chi connectivity index (χ1) is 31.1. The maximum absolute atomic E-state index is 6.67. The van der Waals surface area contributed by atoms with Gasteiger partial charge in [-0.2, -0.15) is 0 Å². The molecule has 3 aliphatic rings. The molecule has 65 heavy (non-hydrogen) atoms. The van der Waals surface area contributed by atoms with E-state index >= 15 is 0 Å². The number of fused-ring (bicyclic) bond motifs is 17.